The number of hydrogen-bond acceptors (Lipinski definition) is 4. The van der Waals surface area contributed by atoms with E-state index in [1.807, 2.05) is 31.2 Å². The molecule has 3 atom stereocenters. The number of para-hydroxylation sites is 1. The molecule has 1 aromatic heterocycles. The van der Waals surface area contributed by atoms with Gasteiger partial charge in [-0.3, -0.25) is 14.2 Å². The van der Waals surface area contributed by atoms with E-state index < -0.39 is 0 Å². The number of nitrogens with zero attached hydrogens (tertiary/aromatic N) is 2. The summed E-state index contributed by atoms with van der Waals surface area (Å²) in [6.07, 6.45) is 4.31. The quantitative estimate of drug-likeness (QED) is 0.604. The minimum Gasteiger partial charge on any atom is -0.352 e. The van der Waals surface area contributed by atoms with Crippen molar-refractivity contribution in [2.75, 3.05) is 5.75 Å². The number of amides is 1. The largest absolute Gasteiger partial charge is 0.352 e. The van der Waals surface area contributed by atoms with Crippen LogP contribution in [0.25, 0.3) is 10.9 Å². The maximum atomic E-state index is 12.8. The first-order valence-electron chi connectivity index (χ1n) is 9.93. The lowest BCUT2D eigenvalue weighted by molar-refractivity contribution is -0.120. The summed E-state index contributed by atoms with van der Waals surface area (Å²) in [5, 5.41) is 4.45. The van der Waals surface area contributed by atoms with E-state index in [1.54, 1.807) is 4.57 Å². The smallest absolute Gasteiger partial charge is 0.262 e. The van der Waals surface area contributed by atoms with Crippen molar-refractivity contribution in [3.8, 4) is 0 Å². The Kier molecular flexibility index (Phi) is 6.58. The summed E-state index contributed by atoms with van der Waals surface area (Å²) in [6, 6.07) is 7.65. The van der Waals surface area contributed by atoms with Gasteiger partial charge in [0.15, 0.2) is 5.16 Å². The van der Waals surface area contributed by atoms with Crippen molar-refractivity contribution in [1.82, 2.24) is 14.9 Å². The molecule has 1 amide bonds. The summed E-state index contributed by atoms with van der Waals surface area (Å²) in [4.78, 5) is 29.9. The molecule has 0 radical (unpaired) electrons. The van der Waals surface area contributed by atoms with E-state index >= 15 is 0 Å². The number of aromatic nitrogens is 2. The zero-order valence-corrected chi connectivity index (χ0v) is 17.2. The summed E-state index contributed by atoms with van der Waals surface area (Å²) >= 11 is 1.35. The van der Waals surface area contributed by atoms with Gasteiger partial charge in [-0.25, -0.2) is 4.98 Å². The van der Waals surface area contributed by atoms with Crippen LogP contribution >= 0.6 is 11.8 Å². The number of hydrogen-bond donors (Lipinski definition) is 1. The molecular formula is C21H29N3O2S. The van der Waals surface area contributed by atoms with Crippen LogP contribution in [0.2, 0.25) is 0 Å². The summed E-state index contributed by atoms with van der Waals surface area (Å²) in [7, 11) is 0. The standard InChI is InChI=1S/C21H29N3O2S/c1-4-12-24-20(26)16-9-5-6-10-18(16)23-21(24)27-13-19(25)22-17-11-7-8-14(2)15(17)3/h5-6,9-10,14-15,17H,4,7-8,11-13H2,1-3H3,(H,22,25)/t14-,15+,17-/m1/s1. The van der Waals surface area contributed by atoms with Gasteiger partial charge in [-0.2, -0.15) is 0 Å². The fraction of sp³-hybridized carbons (Fsp3) is 0.571. The predicted octanol–water partition coefficient (Wildman–Crippen LogP) is 3.84. The Labute approximate surface area is 164 Å². The van der Waals surface area contributed by atoms with Crippen molar-refractivity contribution in [3.63, 3.8) is 0 Å². The zero-order valence-electron chi connectivity index (χ0n) is 16.4. The van der Waals surface area contributed by atoms with Gasteiger partial charge in [0.05, 0.1) is 16.7 Å². The lowest BCUT2D eigenvalue weighted by Crippen LogP contribution is -2.44. The number of thioether (sulfide) groups is 1. The van der Waals surface area contributed by atoms with Gasteiger partial charge in [-0.1, -0.05) is 57.5 Å². The topological polar surface area (TPSA) is 64.0 Å². The lowest BCUT2D eigenvalue weighted by atomic mass is 9.78. The number of nitrogens with one attached hydrogen (secondary N) is 1. The molecule has 6 heteroatoms. The number of carbonyl (C=O) groups is 1. The van der Waals surface area contributed by atoms with Crippen LogP contribution in [0.1, 0.15) is 46.5 Å². The summed E-state index contributed by atoms with van der Waals surface area (Å²) in [5.74, 6) is 1.46. The highest BCUT2D eigenvalue weighted by atomic mass is 32.2. The molecule has 1 saturated carbocycles. The molecule has 1 aliphatic rings. The molecule has 1 N–H and O–H groups in total. The van der Waals surface area contributed by atoms with Crippen LogP contribution in [0.5, 0.6) is 0 Å². The van der Waals surface area contributed by atoms with Crippen LogP contribution in [-0.4, -0.2) is 27.3 Å². The van der Waals surface area contributed by atoms with Crippen LogP contribution < -0.4 is 10.9 Å². The molecule has 1 fully saturated rings. The van der Waals surface area contributed by atoms with Gasteiger partial charge >= 0.3 is 0 Å². The Balaban J connectivity index is 1.73. The molecule has 0 aliphatic heterocycles. The Morgan fingerprint density at radius 2 is 2.07 bits per heavy atom. The van der Waals surface area contributed by atoms with Gasteiger partial charge in [-0.05, 0) is 36.8 Å². The first-order chi connectivity index (χ1) is 13.0. The fourth-order valence-corrected chi connectivity index (χ4v) is 4.68. The highest BCUT2D eigenvalue weighted by Gasteiger charge is 2.28. The third-order valence-electron chi connectivity index (χ3n) is 5.66. The van der Waals surface area contributed by atoms with E-state index in [9.17, 15) is 9.59 Å². The van der Waals surface area contributed by atoms with E-state index in [1.165, 1.54) is 24.6 Å². The Bertz CT molecular complexity index is 864. The highest BCUT2D eigenvalue weighted by Crippen LogP contribution is 2.29. The van der Waals surface area contributed by atoms with Gasteiger partial charge in [0.25, 0.3) is 5.56 Å². The van der Waals surface area contributed by atoms with E-state index in [-0.39, 0.29) is 23.3 Å². The maximum absolute atomic E-state index is 12.8. The van der Waals surface area contributed by atoms with Crippen molar-refractivity contribution < 1.29 is 4.79 Å². The van der Waals surface area contributed by atoms with Crippen LogP contribution in [-0.2, 0) is 11.3 Å². The zero-order chi connectivity index (χ0) is 19.4. The minimum atomic E-state index is -0.0277. The molecule has 0 saturated heterocycles. The Morgan fingerprint density at radius 1 is 1.30 bits per heavy atom. The molecule has 0 unspecified atom stereocenters. The van der Waals surface area contributed by atoms with Gasteiger partial charge < -0.3 is 5.32 Å². The molecule has 27 heavy (non-hydrogen) atoms. The number of fused-ring (bicyclic) bond motifs is 1. The normalized spacial score (nSPS) is 22.7. The summed E-state index contributed by atoms with van der Waals surface area (Å²) in [6.45, 7) is 7.14. The van der Waals surface area contributed by atoms with E-state index in [0.717, 1.165) is 12.8 Å². The number of rotatable bonds is 6. The average molecular weight is 388 g/mol. The first kappa shape index (κ1) is 19.9. The third-order valence-corrected chi connectivity index (χ3v) is 6.64. The van der Waals surface area contributed by atoms with Crippen molar-refractivity contribution in [2.45, 2.75) is 64.2 Å². The van der Waals surface area contributed by atoms with Gasteiger partial charge in [0.2, 0.25) is 5.91 Å². The second kappa shape index (κ2) is 8.91. The first-order valence-corrected chi connectivity index (χ1v) is 10.9. The van der Waals surface area contributed by atoms with Crippen molar-refractivity contribution in [1.29, 1.82) is 0 Å². The molecule has 146 valence electrons. The van der Waals surface area contributed by atoms with Crippen LogP contribution in [0.15, 0.2) is 34.2 Å². The lowest BCUT2D eigenvalue weighted by Gasteiger charge is -2.34. The molecule has 2 aromatic rings. The van der Waals surface area contributed by atoms with Crippen molar-refractivity contribution in [3.05, 3.63) is 34.6 Å². The molecule has 1 aromatic carbocycles. The average Bonchev–Trinajstić information content (AvgIpc) is 2.66. The minimum absolute atomic E-state index is 0.0245. The molecule has 0 spiro atoms. The molecule has 1 heterocycles. The Hall–Kier alpha value is -1.82. The SMILES string of the molecule is CCCn1c(SCC(=O)N[C@@H]2CCC[C@@H](C)[C@@H]2C)nc2ccccc2c1=O. The molecule has 3 rings (SSSR count). The van der Waals surface area contributed by atoms with E-state index in [0.29, 0.717) is 34.4 Å². The van der Waals surface area contributed by atoms with Crippen LogP contribution in [0.3, 0.4) is 0 Å². The highest BCUT2D eigenvalue weighted by molar-refractivity contribution is 7.99. The van der Waals surface area contributed by atoms with Crippen LogP contribution in [0.4, 0.5) is 0 Å². The monoisotopic (exact) mass is 387 g/mol. The van der Waals surface area contributed by atoms with Gasteiger partial charge in [0.1, 0.15) is 0 Å². The second-order valence-electron chi connectivity index (χ2n) is 7.60. The second-order valence-corrected chi connectivity index (χ2v) is 8.54. The van der Waals surface area contributed by atoms with Gasteiger partial charge in [-0.15, -0.1) is 0 Å². The van der Waals surface area contributed by atoms with Crippen molar-refractivity contribution >= 4 is 28.6 Å². The summed E-state index contributed by atoms with van der Waals surface area (Å²) in [5.41, 5.74) is 0.660. The molecule has 1 aliphatic carbocycles. The maximum Gasteiger partial charge on any atom is 0.262 e. The third kappa shape index (κ3) is 4.54. The molecule has 0 bridgehead atoms. The fourth-order valence-electron chi connectivity index (χ4n) is 3.84. The summed E-state index contributed by atoms with van der Waals surface area (Å²) < 4.78 is 1.70. The van der Waals surface area contributed by atoms with E-state index in [4.69, 9.17) is 0 Å². The van der Waals surface area contributed by atoms with Crippen LogP contribution in [0, 0.1) is 11.8 Å². The molecule has 5 nitrogen and oxygen atoms in total. The molecular weight excluding hydrogens is 358 g/mol. The van der Waals surface area contributed by atoms with E-state index in [2.05, 4.69) is 24.1 Å². The number of carbonyl (C=O) groups excluding carboxylic acids is 1. The van der Waals surface area contributed by atoms with Gasteiger partial charge in [0, 0.05) is 12.6 Å². The number of benzene rings is 1. The van der Waals surface area contributed by atoms with Crippen molar-refractivity contribution in [2.24, 2.45) is 11.8 Å². The Morgan fingerprint density at radius 3 is 2.85 bits per heavy atom. The predicted molar refractivity (Wildman–Crippen MR) is 111 cm³/mol.